The number of nitrogens with one attached hydrogen (secondary N) is 1. The van der Waals surface area contributed by atoms with E-state index < -0.39 is 10.0 Å². The zero-order valence-electron chi connectivity index (χ0n) is 12.2. The van der Waals surface area contributed by atoms with Crippen LogP contribution in [0.4, 0.5) is 0 Å². The Kier molecular flexibility index (Phi) is 5.73. The molecule has 1 atom stereocenters. The molecular formula is C12H21N3O4S. The lowest BCUT2D eigenvalue weighted by Gasteiger charge is -2.23. The summed E-state index contributed by atoms with van der Waals surface area (Å²) < 4.78 is 28.8. The highest BCUT2D eigenvalue weighted by molar-refractivity contribution is 7.88. The van der Waals surface area contributed by atoms with Crippen molar-refractivity contribution in [3.63, 3.8) is 0 Å². The van der Waals surface area contributed by atoms with Crippen molar-refractivity contribution in [3.8, 4) is 0 Å². The topological polar surface area (TPSA) is 82.9 Å². The van der Waals surface area contributed by atoms with Crippen LogP contribution in [-0.4, -0.2) is 64.0 Å². The van der Waals surface area contributed by atoms with E-state index in [0.29, 0.717) is 6.54 Å². The minimum Gasteiger partial charge on any atom is -0.468 e. The lowest BCUT2D eigenvalue weighted by molar-refractivity contribution is -0.121. The van der Waals surface area contributed by atoms with Gasteiger partial charge in [0.2, 0.25) is 15.9 Å². The quantitative estimate of drug-likeness (QED) is 0.760. The van der Waals surface area contributed by atoms with Crippen molar-refractivity contribution in [1.82, 2.24) is 14.5 Å². The predicted octanol–water partition coefficient (Wildman–Crippen LogP) is -0.110. The highest BCUT2D eigenvalue weighted by Crippen LogP contribution is 2.17. The van der Waals surface area contributed by atoms with E-state index in [4.69, 9.17) is 4.42 Å². The van der Waals surface area contributed by atoms with Crippen molar-refractivity contribution in [3.05, 3.63) is 24.2 Å². The average Bonchev–Trinajstić information content (AvgIpc) is 2.81. The third-order valence-electron chi connectivity index (χ3n) is 2.92. The van der Waals surface area contributed by atoms with Gasteiger partial charge in [0.1, 0.15) is 5.76 Å². The van der Waals surface area contributed by atoms with Crippen LogP contribution in [0.2, 0.25) is 0 Å². The van der Waals surface area contributed by atoms with E-state index in [2.05, 4.69) is 5.32 Å². The standard InChI is InChI=1S/C12H21N3O4S/c1-14(2)10(11-6-5-7-19-11)8-13-12(16)9-15(3)20(4,17)18/h5-7,10H,8-9H2,1-4H3,(H,13,16)/t10-/m1/s1. The summed E-state index contributed by atoms with van der Waals surface area (Å²) in [4.78, 5) is 13.6. The fourth-order valence-electron chi connectivity index (χ4n) is 1.60. The Morgan fingerprint density at radius 2 is 2.05 bits per heavy atom. The molecule has 0 aliphatic rings. The van der Waals surface area contributed by atoms with Crippen molar-refractivity contribution in [1.29, 1.82) is 0 Å². The number of amides is 1. The number of nitrogens with zero attached hydrogens (tertiary/aromatic N) is 2. The van der Waals surface area contributed by atoms with Gasteiger partial charge in [-0.3, -0.25) is 9.69 Å². The van der Waals surface area contributed by atoms with Crippen LogP contribution in [-0.2, 0) is 14.8 Å². The molecule has 0 aliphatic heterocycles. The molecule has 0 spiro atoms. The first-order valence-corrected chi connectivity index (χ1v) is 7.94. The molecule has 114 valence electrons. The maximum atomic E-state index is 11.7. The summed E-state index contributed by atoms with van der Waals surface area (Å²) in [5.74, 6) is 0.392. The Hall–Kier alpha value is -1.38. The third-order valence-corrected chi connectivity index (χ3v) is 4.18. The van der Waals surface area contributed by atoms with Crippen LogP contribution in [0.25, 0.3) is 0 Å². The molecule has 0 unspecified atom stereocenters. The Bertz CT molecular complexity index is 525. The third kappa shape index (κ3) is 4.95. The zero-order chi connectivity index (χ0) is 15.3. The molecular weight excluding hydrogens is 282 g/mol. The number of carbonyl (C=O) groups excluding carboxylic acids is 1. The first-order valence-electron chi connectivity index (χ1n) is 6.09. The Morgan fingerprint density at radius 1 is 1.40 bits per heavy atom. The first-order chi connectivity index (χ1) is 9.21. The second kappa shape index (κ2) is 6.87. The van der Waals surface area contributed by atoms with E-state index in [1.807, 2.05) is 25.1 Å². The molecule has 0 saturated carbocycles. The molecule has 0 fully saturated rings. The maximum absolute atomic E-state index is 11.7. The van der Waals surface area contributed by atoms with Crippen molar-refractivity contribution in [2.24, 2.45) is 0 Å². The Balaban J connectivity index is 2.54. The van der Waals surface area contributed by atoms with Gasteiger partial charge < -0.3 is 9.73 Å². The smallest absolute Gasteiger partial charge is 0.235 e. The SMILES string of the molecule is CN(C)[C@H](CNC(=O)CN(C)S(C)(=O)=O)c1ccco1. The normalized spacial score (nSPS) is 13.7. The number of furan rings is 1. The molecule has 0 radical (unpaired) electrons. The molecule has 0 saturated heterocycles. The fourth-order valence-corrected chi connectivity index (χ4v) is 1.96. The molecule has 1 aromatic heterocycles. The minimum absolute atomic E-state index is 0.0995. The predicted molar refractivity (Wildman–Crippen MR) is 75.6 cm³/mol. The van der Waals surface area contributed by atoms with Crippen LogP contribution in [0.5, 0.6) is 0 Å². The molecule has 1 rings (SSSR count). The molecule has 1 heterocycles. The van der Waals surface area contributed by atoms with Crippen molar-refractivity contribution < 1.29 is 17.6 Å². The van der Waals surface area contributed by atoms with E-state index in [1.165, 1.54) is 7.05 Å². The van der Waals surface area contributed by atoms with Gasteiger partial charge in [-0.25, -0.2) is 8.42 Å². The van der Waals surface area contributed by atoms with E-state index in [1.54, 1.807) is 12.3 Å². The lowest BCUT2D eigenvalue weighted by atomic mass is 10.2. The highest BCUT2D eigenvalue weighted by atomic mass is 32.2. The number of hydrogen-bond donors (Lipinski definition) is 1. The summed E-state index contributed by atoms with van der Waals surface area (Å²) in [6.45, 7) is 0.147. The number of carbonyl (C=O) groups is 1. The minimum atomic E-state index is -3.35. The van der Waals surface area contributed by atoms with Gasteiger partial charge in [0.15, 0.2) is 0 Å². The molecule has 1 aromatic rings. The monoisotopic (exact) mass is 303 g/mol. The molecule has 7 nitrogen and oxygen atoms in total. The van der Waals surface area contributed by atoms with E-state index in [9.17, 15) is 13.2 Å². The van der Waals surface area contributed by atoms with Crippen molar-refractivity contribution in [2.45, 2.75) is 6.04 Å². The van der Waals surface area contributed by atoms with Crippen molar-refractivity contribution >= 4 is 15.9 Å². The average molecular weight is 303 g/mol. The fraction of sp³-hybridized carbons (Fsp3) is 0.583. The van der Waals surface area contributed by atoms with Crippen molar-refractivity contribution in [2.75, 3.05) is 40.5 Å². The number of likely N-dealkylation sites (N-methyl/N-ethyl adjacent to an activating group) is 2. The molecule has 8 heteroatoms. The summed E-state index contributed by atoms with van der Waals surface area (Å²) in [7, 11) is 1.77. The number of sulfonamides is 1. The van der Waals surface area contributed by atoms with Crippen LogP contribution < -0.4 is 5.32 Å². The van der Waals surface area contributed by atoms with Crippen LogP contribution in [0.3, 0.4) is 0 Å². The molecule has 20 heavy (non-hydrogen) atoms. The van der Waals surface area contributed by atoms with Crippen LogP contribution in [0.15, 0.2) is 22.8 Å². The van der Waals surface area contributed by atoms with E-state index in [-0.39, 0.29) is 18.5 Å². The van der Waals surface area contributed by atoms with Gasteiger partial charge in [-0.2, -0.15) is 4.31 Å². The Labute approximate surface area is 119 Å². The van der Waals surface area contributed by atoms with Crippen LogP contribution in [0, 0.1) is 0 Å². The summed E-state index contributed by atoms with van der Waals surface area (Å²) >= 11 is 0. The molecule has 0 bridgehead atoms. The van der Waals surface area contributed by atoms with Crippen LogP contribution >= 0.6 is 0 Å². The second-order valence-corrected chi connectivity index (χ2v) is 6.91. The summed E-state index contributed by atoms with van der Waals surface area (Å²) in [5, 5.41) is 2.71. The first kappa shape index (κ1) is 16.7. The van der Waals surface area contributed by atoms with Gasteiger partial charge in [-0.1, -0.05) is 0 Å². The van der Waals surface area contributed by atoms with Gasteiger partial charge >= 0.3 is 0 Å². The molecule has 0 aliphatic carbocycles. The second-order valence-electron chi connectivity index (χ2n) is 4.82. The van der Waals surface area contributed by atoms with Gasteiger partial charge in [-0.05, 0) is 26.2 Å². The zero-order valence-corrected chi connectivity index (χ0v) is 13.0. The molecule has 0 aromatic carbocycles. The summed E-state index contributed by atoms with van der Waals surface area (Å²) in [6.07, 6.45) is 2.64. The van der Waals surface area contributed by atoms with Crippen LogP contribution in [0.1, 0.15) is 11.8 Å². The van der Waals surface area contributed by atoms with Gasteiger partial charge in [0, 0.05) is 13.6 Å². The van der Waals surface area contributed by atoms with E-state index in [0.717, 1.165) is 16.3 Å². The Morgan fingerprint density at radius 3 is 2.50 bits per heavy atom. The summed E-state index contributed by atoms with van der Waals surface area (Å²) in [6, 6.07) is 3.52. The van der Waals surface area contributed by atoms with Gasteiger partial charge in [0.25, 0.3) is 0 Å². The lowest BCUT2D eigenvalue weighted by Crippen LogP contribution is -2.41. The largest absolute Gasteiger partial charge is 0.468 e. The van der Waals surface area contributed by atoms with Gasteiger partial charge in [0.05, 0.1) is 25.1 Å². The van der Waals surface area contributed by atoms with Gasteiger partial charge in [-0.15, -0.1) is 0 Å². The summed E-state index contributed by atoms with van der Waals surface area (Å²) in [5.41, 5.74) is 0. The maximum Gasteiger partial charge on any atom is 0.235 e. The number of hydrogen-bond acceptors (Lipinski definition) is 5. The number of rotatable bonds is 7. The molecule has 1 N–H and O–H groups in total. The highest BCUT2D eigenvalue weighted by Gasteiger charge is 2.19. The molecule has 1 amide bonds. The van der Waals surface area contributed by atoms with E-state index >= 15 is 0 Å².